The number of carbonyl (C=O) groups is 1. The standard InChI is InChI=1S/C7H12ClIO/c1-2-3-6(5-9)4-7(8)10/h6H,2-5H2,1H3. The Kier molecular flexibility index (Phi) is 6.85. The lowest BCUT2D eigenvalue weighted by Crippen LogP contribution is -2.05. The van der Waals surface area contributed by atoms with E-state index >= 15 is 0 Å². The number of hydrogen-bond donors (Lipinski definition) is 0. The third-order valence-corrected chi connectivity index (χ3v) is 2.76. The zero-order valence-electron chi connectivity index (χ0n) is 6.07. The molecular weight excluding hydrogens is 262 g/mol. The van der Waals surface area contributed by atoms with Crippen LogP contribution in [-0.4, -0.2) is 9.67 Å². The van der Waals surface area contributed by atoms with Crippen molar-refractivity contribution in [2.45, 2.75) is 26.2 Å². The van der Waals surface area contributed by atoms with Gasteiger partial charge in [-0.15, -0.1) is 0 Å². The molecule has 0 aromatic rings. The van der Waals surface area contributed by atoms with E-state index in [-0.39, 0.29) is 5.24 Å². The molecule has 1 atom stereocenters. The molecule has 0 saturated carbocycles. The van der Waals surface area contributed by atoms with Gasteiger partial charge in [0.2, 0.25) is 5.24 Å². The second kappa shape index (κ2) is 6.40. The van der Waals surface area contributed by atoms with Crippen molar-refractivity contribution >= 4 is 39.4 Å². The molecule has 0 aromatic heterocycles. The van der Waals surface area contributed by atoms with Crippen LogP contribution in [0, 0.1) is 5.92 Å². The molecule has 0 heterocycles. The first-order valence-electron chi connectivity index (χ1n) is 3.45. The summed E-state index contributed by atoms with van der Waals surface area (Å²) in [6.45, 7) is 2.12. The molecule has 0 rings (SSSR count). The molecule has 0 aliphatic carbocycles. The molecule has 1 unspecified atom stereocenters. The average molecular weight is 275 g/mol. The van der Waals surface area contributed by atoms with Gasteiger partial charge in [0.25, 0.3) is 0 Å². The number of hydrogen-bond acceptors (Lipinski definition) is 1. The van der Waals surface area contributed by atoms with Crippen LogP contribution in [-0.2, 0) is 4.79 Å². The molecule has 1 nitrogen and oxygen atoms in total. The lowest BCUT2D eigenvalue weighted by molar-refractivity contribution is -0.112. The molecular formula is C7H12ClIO. The van der Waals surface area contributed by atoms with Gasteiger partial charge in [0.05, 0.1) is 0 Å². The predicted molar refractivity (Wildman–Crippen MR) is 52.8 cm³/mol. The molecule has 0 aromatic carbocycles. The van der Waals surface area contributed by atoms with Crippen LogP contribution in [0.3, 0.4) is 0 Å². The van der Waals surface area contributed by atoms with Crippen LogP contribution in [0.1, 0.15) is 26.2 Å². The van der Waals surface area contributed by atoms with Gasteiger partial charge in [-0.05, 0) is 23.9 Å². The summed E-state index contributed by atoms with van der Waals surface area (Å²) >= 11 is 7.54. The van der Waals surface area contributed by atoms with Gasteiger partial charge >= 0.3 is 0 Å². The maximum atomic E-state index is 10.4. The van der Waals surface area contributed by atoms with Crippen LogP contribution >= 0.6 is 34.2 Å². The molecule has 60 valence electrons. The van der Waals surface area contributed by atoms with Gasteiger partial charge in [0, 0.05) is 10.8 Å². The highest BCUT2D eigenvalue weighted by atomic mass is 127. The molecule has 0 N–H and O–H groups in total. The summed E-state index contributed by atoms with van der Waals surface area (Å²) in [6.07, 6.45) is 2.79. The second-order valence-corrected chi connectivity index (χ2v) is 3.67. The highest BCUT2D eigenvalue weighted by Gasteiger charge is 2.08. The van der Waals surface area contributed by atoms with E-state index in [2.05, 4.69) is 29.5 Å². The Balaban J connectivity index is 3.49. The lowest BCUT2D eigenvalue weighted by atomic mass is 10.0. The fourth-order valence-electron chi connectivity index (χ4n) is 0.869. The first-order chi connectivity index (χ1) is 4.70. The van der Waals surface area contributed by atoms with Gasteiger partial charge in [0.1, 0.15) is 0 Å². The van der Waals surface area contributed by atoms with E-state index in [4.69, 9.17) is 11.6 Å². The number of alkyl halides is 1. The van der Waals surface area contributed by atoms with Gasteiger partial charge in [-0.2, -0.15) is 0 Å². The Bertz CT molecular complexity index is 106. The normalized spacial score (nSPS) is 13.1. The molecule has 0 amide bonds. The average Bonchev–Trinajstić information content (AvgIpc) is 1.86. The van der Waals surface area contributed by atoms with Crippen molar-refractivity contribution in [2.24, 2.45) is 5.92 Å². The van der Waals surface area contributed by atoms with Gasteiger partial charge in [-0.3, -0.25) is 4.79 Å². The Morgan fingerprint density at radius 2 is 2.30 bits per heavy atom. The Morgan fingerprint density at radius 1 is 1.70 bits per heavy atom. The quantitative estimate of drug-likeness (QED) is 0.428. The van der Waals surface area contributed by atoms with Crippen LogP contribution in [0.25, 0.3) is 0 Å². The number of carbonyl (C=O) groups excluding carboxylic acids is 1. The maximum Gasteiger partial charge on any atom is 0.221 e. The van der Waals surface area contributed by atoms with Gasteiger partial charge in [0.15, 0.2) is 0 Å². The van der Waals surface area contributed by atoms with E-state index in [1.807, 2.05) is 0 Å². The SMILES string of the molecule is CCCC(CI)CC(=O)Cl. The summed E-state index contributed by atoms with van der Waals surface area (Å²) in [7, 11) is 0. The molecule has 10 heavy (non-hydrogen) atoms. The van der Waals surface area contributed by atoms with Gasteiger partial charge < -0.3 is 0 Å². The Morgan fingerprint density at radius 3 is 2.60 bits per heavy atom. The molecule has 0 radical (unpaired) electrons. The Hall–Kier alpha value is 0.690. The summed E-state index contributed by atoms with van der Waals surface area (Å²) in [6, 6.07) is 0. The minimum atomic E-state index is -0.199. The van der Waals surface area contributed by atoms with Gasteiger partial charge in [-0.25, -0.2) is 0 Å². The van der Waals surface area contributed by atoms with Crippen molar-refractivity contribution in [1.82, 2.24) is 0 Å². The molecule has 0 fully saturated rings. The van der Waals surface area contributed by atoms with Crippen LogP contribution in [0.4, 0.5) is 0 Å². The van der Waals surface area contributed by atoms with E-state index < -0.39 is 0 Å². The number of rotatable bonds is 5. The zero-order chi connectivity index (χ0) is 7.98. The summed E-state index contributed by atoms with van der Waals surface area (Å²) in [5.41, 5.74) is 0. The van der Waals surface area contributed by atoms with E-state index in [0.29, 0.717) is 12.3 Å². The highest BCUT2D eigenvalue weighted by Crippen LogP contribution is 2.15. The van der Waals surface area contributed by atoms with Crippen LogP contribution in [0.5, 0.6) is 0 Å². The largest absolute Gasteiger partial charge is 0.281 e. The molecule has 0 aliphatic heterocycles. The molecule has 0 spiro atoms. The minimum absolute atomic E-state index is 0.199. The molecule has 0 aliphatic rings. The van der Waals surface area contributed by atoms with Crippen molar-refractivity contribution in [3.8, 4) is 0 Å². The van der Waals surface area contributed by atoms with E-state index in [9.17, 15) is 4.79 Å². The zero-order valence-corrected chi connectivity index (χ0v) is 8.98. The van der Waals surface area contributed by atoms with Crippen molar-refractivity contribution < 1.29 is 4.79 Å². The van der Waals surface area contributed by atoms with Crippen molar-refractivity contribution in [3.63, 3.8) is 0 Å². The van der Waals surface area contributed by atoms with Gasteiger partial charge in [-0.1, -0.05) is 35.9 Å². The minimum Gasteiger partial charge on any atom is -0.281 e. The third kappa shape index (κ3) is 5.47. The number of halogens is 2. The van der Waals surface area contributed by atoms with E-state index in [1.165, 1.54) is 0 Å². The smallest absolute Gasteiger partial charge is 0.221 e. The van der Waals surface area contributed by atoms with Crippen LogP contribution < -0.4 is 0 Å². The molecule has 0 saturated heterocycles. The molecule has 0 bridgehead atoms. The lowest BCUT2D eigenvalue weighted by Gasteiger charge is -2.08. The topological polar surface area (TPSA) is 17.1 Å². The summed E-state index contributed by atoms with van der Waals surface area (Å²) in [5, 5.41) is -0.199. The fraction of sp³-hybridized carbons (Fsp3) is 0.857. The predicted octanol–water partition coefficient (Wildman–Crippen LogP) is 2.99. The monoisotopic (exact) mass is 274 g/mol. The molecule has 3 heteroatoms. The summed E-state index contributed by atoms with van der Waals surface area (Å²) in [5.74, 6) is 0.496. The van der Waals surface area contributed by atoms with Crippen molar-refractivity contribution in [3.05, 3.63) is 0 Å². The third-order valence-electron chi connectivity index (χ3n) is 1.36. The highest BCUT2D eigenvalue weighted by molar-refractivity contribution is 14.1. The first kappa shape index (κ1) is 10.7. The summed E-state index contributed by atoms with van der Waals surface area (Å²) < 4.78 is 1.03. The van der Waals surface area contributed by atoms with E-state index in [0.717, 1.165) is 17.3 Å². The maximum absolute atomic E-state index is 10.4. The van der Waals surface area contributed by atoms with Crippen LogP contribution in [0.2, 0.25) is 0 Å². The van der Waals surface area contributed by atoms with Crippen molar-refractivity contribution in [1.29, 1.82) is 0 Å². The second-order valence-electron chi connectivity index (χ2n) is 2.37. The summed E-state index contributed by atoms with van der Waals surface area (Å²) in [4.78, 5) is 10.4. The van der Waals surface area contributed by atoms with E-state index in [1.54, 1.807) is 0 Å². The fourth-order valence-corrected chi connectivity index (χ4v) is 1.84. The van der Waals surface area contributed by atoms with Crippen molar-refractivity contribution in [2.75, 3.05) is 4.43 Å². The Labute approximate surface area is 80.7 Å². The first-order valence-corrected chi connectivity index (χ1v) is 5.35. The van der Waals surface area contributed by atoms with Crippen LogP contribution in [0.15, 0.2) is 0 Å².